The van der Waals surface area contributed by atoms with Crippen molar-refractivity contribution in [1.29, 1.82) is 0 Å². The first-order chi connectivity index (χ1) is 29.4. The number of aliphatic hydroxyl groups is 1. The number of rotatable bonds is 15. The number of halogens is 3. The number of alkyl halides is 3. The number of nitrogens with two attached hydrogens (primary N) is 3. The van der Waals surface area contributed by atoms with E-state index < -0.39 is 23.1 Å². The lowest BCUT2D eigenvalue weighted by Gasteiger charge is -2.30. The molecule has 62 heavy (non-hydrogen) atoms. The maximum absolute atomic E-state index is 13.8. The van der Waals surface area contributed by atoms with E-state index in [0.717, 1.165) is 31.2 Å². The summed E-state index contributed by atoms with van der Waals surface area (Å²) in [6.07, 6.45) is 3.41. The Bertz CT molecular complexity index is 1940. The van der Waals surface area contributed by atoms with Crippen LogP contribution in [-0.4, -0.2) is 71.4 Å². The highest BCUT2D eigenvalue weighted by Crippen LogP contribution is 2.52. The number of urea groups is 1. The van der Waals surface area contributed by atoms with E-state index in [0.29, 0.717) is 46.9 Å². The van der Waals surface area contributed by atoms with Gasteiger partial charge in [0.2, 0.25) is 12.3 Å². The fraction of sp³-hybridized carbons (Fsp3) is 0.477. The number of phenolic OH excluding ortho intramolecular Hbond substituents is 1. The summed E-state index contributed by atoms with van der Waals surface area (Å²) in [4.78, 5) is 34.3. The number of amides is 4. The molecule has 2 saturated heterocycles. The number of aromatic hydroxyl groups is 1. The predicted molar refractivity (Wildman–Crippen MR) is 239 cm³/mol. The Morgan fingerprint density at radius 2 is 1.73 bits per heavy atom. The number of benzene rings is 3. The minimum absolute atomic E-state index is 0.0285. The van der Waals surface area contributed by atoms with Crippen LogP contribution in [0.4, 0.5) is 29.3 Å². The van der Waals surface area contributed by atoms with Crippen molar-refractivity contribution in [3.63, 3.8) is 0 Å². The highest BCUT2D eigenvalue weighted by Gasteiger charge is 2.52. The van der Waals surface area contributed by atoms with E-state index in [1.165, 1.54) is 80.4 Å². The van der Waals surface area contributed by atoms with Crippen LogP contribution in [0.1, 0.15) is 89.0 Å². The van der Waals surface area contributed by atoms with Crippen LogP contribution < -0.4 is 48.7 Å². The number of phenols is 1. The van der Waals surface area contributed by atoms with Crippen molar-refractivity contribution in [3.05, 3.63) is 94.8 Å². The Morgan fingerprint density at radius 1 is 1.03 bits per heavy atom. The molecular weight excluding hydrogens is 826 g/mol. The second-order valence-electron chi connectivity index (χ2n) is 15.8. The first-order valence-corrected chi connectivity index (χ1v) is 21.7. The molecule has 0 bridgehead atoms. The third-order valence-corrected chi connectivity index (χ3v) is 11.6. The first kappa shape index (κ1) is 51.0. The standard InChI is InChI=1S/C24H22F3N5O3.C10H18N2OS.C5H11NO.C5H12O/c25-24(26,27)18-3-1-2-17-21(18)32-22(34)23(17,13-4-7-16(33)8-5-13)14-6-9-19(29)20(10-14)35-12-15(28)11-31-30;1-2-3-4-5-8-9-7(6-14-8)11-10(13)12-9;1-5(2)3-6-4-7;1-5(2)3-4-6/h1-11,31,33H,12,28-30H2,(H,32,34);7-9H,2-6H2,1H3,(H2,11,12,13);4-5H,3H2,1-2H3,(H,6,7);5-6H,3-4H2,1-2H3/b15-11-;;;. The molecule has 0 radical (unpaired) electrons. The van der Waals surface area contributed by atoms with Gasteiger partial charge in [0.15, 0.2) is 0 Å². The molecule has 342 valence electrons. The summed E-state index contributed by atoms with van der Waals surface area (Å²) in [6.45, 7) is 11.5. The van der Waals surface area contributed by atoms with Crippen LogP contribution in [0.3, 0.4) is 0 Å². The average molecular weight is 889 g/mol. The van der Waals surface area contributed by atoms with E-state index in [4.69, 9.17) is 27.2 Å². The largest absolute Gasteiger partial charge is 0.508 e. The molecule has 4 atom stereocenters. The SMILES string of the molecule is CC(C)CCO.CC(C)CNC=O.CCCCCC1SCC2NC(=O)NC21.NN/C=C(\N)COc1cc(C2(c3ccc(O)cc3)C(=O)Nc3c(C(F)(F)F)cccc32)ccc1N. The number of carbonyl (C=O) groups excluding carboxylic acids is 3. The van der Waals surface area contributed by atoms with E-state index in [-0.39, 0.29) is 46.8 Å². The number of aliphatic hydroxyl groups excluding tert-OH is 1. The Balaban J connectivity index is 0.000000307. The third-order valence-electron chi connectivity index (χ3n) is 10.1. The minimum atomic E-state index is -4.69. The van der Waals surface area contributed by atoms with Crippen molar-refractivity contribution in [2.45, 2.75) is 95.6 Å². The van der Waals surface area contributed by atoms with Crippen LogP contribution in [0.5, 0.6) is 11.5 Å². The maximum atomic E-state index is 13.8. The minimum Gasteiger partial charge on any atom is -0.508 e. The average Bonchev–Trinajstić information content (AvgIpc) is 3.87. The zero-order chi connectivity index (χ0) is 46.0. The number of ether oxygens (including phenoxy) is 1. The molecule has 18 heteroatoms. The summed E-state index contributed by atoms with van der Waals surface area (Å²) in [6, 6.07) is 14.6. The van der Waals surface area contributed by atoms with Gasteiger partial charge in [-0.05, 0) is 66.1 Å². The second kappa shape index (κ2) is 24.3. The van der Waals surface area contributed by atoms with Gasteiger partial charge in [-0.3, -0.25) is 15.4 Å². The number of hydrogen-bond acceptors (Lipinski definition) is 11. The quantitative estimate of drug-likeness (QED) is 0.0210. The molecule has 13 N–H and O–H groups in total. The van der Waals surface area contributed by atoms with Gasteiger partial charge in [-0.25, -0.2) is 4.79 Å². The number of nitrogens with one attached hydrogen (secondary N) is 5. The fourth-order valence-corrected chi connectivity index (χ4v) is 8.54. The summed E-state index contributed by atoms with van der Waals surface area (Å²) in [7, 11) is 0. The molecule has 0 aliphatic carbocycles. The van der Waals surface area contributed by atoms with Gasteiger partial charge in [0.1, 0.15) is 23.5 Å². The summed E-state index contributed by atoms with van der Waals surface area (Å²) in [5.74, 6) is 6.90. The van der Waals surface area contributed by atoms with Gasteiger partial charge in [0.25, 0.3) is 0 Å². The van der Waals surface area contributed by atoms with Crippen LogP contribution in [0.25, 0.3) is 0 Å². The van der Waals surface area contributed by atoms with Crippen molar-refractivity contribution in [2.75, 3.05) is 36.6 Å². The molecule has 4 amide bonds. The second-order valence-corrected chi connectivity index (χ2v) is 17.1. The molecule has 6 rings (SSSR count). The number of para-hydroxylation sites is 1. The lowest BCUT2D eigenvalue weighted by molar-refractivity contribution is -0.137. The topological polar surface area (TPSA) is 239 Å². The highest BCUT2D eigenvalue weighted by molar-refractivity contribution is 8.00. The van der Waals surface area contributed by atoms with E-state index >= 15 is 0 Å². The lowest BCUT2D eigenvalue weighted by Crippen LogP contribution is -2.37. The number of nitrogen functional groups attached to an aromatic ring is 1. The molecule has 0 aromatic heterocycles. The number of anilines is 2. The number of unbranched alkanes of at least 4 members (excludes halogenated alkanes) is 2. The zero-order valence-corrected chi connectivity index (χ0v) is 36.8. The number of fused-ring (bicyclic) bond motifs is 2. The Kier molecular flexibility index (Phi) is 20.0. The Hall–Kier alpha value is -5.33. The van der Waals surface area contributed by atoms with E-state index in [1.54, 1.807) is 6.07 Å². The van der Waals surface area contributed by atoms with Gasteiger partial charge >= 0.3 is 12.2 Å². The lowest BCUT2D eigenvalue weighted by atomic mass is 9.70. The predicted octanol–water partition coefficient (Wildman–Crippen LogP) is 6.07. The van der Waals surface area contributed by atoms with Gasteiger partial charge in [-0.2, -0.15) is 24.9 Å². The monoisotopic (exact) mass is 888 g/mol. The van der Waals surface area contributed by atoms with Crippen LogP contribution in [-0.2, 0) is 21.2 Å². The van der Waals surface area contributed by atoms with Crippen molar-refractivity contribution in [2.24, 2.45) is 23.4 Å². The first-order valence-electron chi connectivity index (χ1n) is 20.7. The molecule has 3 heterocycles. The molecule has 0 spiro atoms. The van der Waals surface area contributed by atoms with E-state index in [2.05, 4.69) is 61.3 Å². The highest BCUT2D eigenvalue weighted by atomic mass is 32.2. The van der Waals surface area contributed by atoms with Gasteiger partial charge in [0.05, 0.1) is 34.7 Å². The Morgan fingerprint density at radius 3 is 2.29 bits per heavy atom. The van der Waals surface area contributed by atoms with Crippen molar-refractivity contribution < 1.29 is 42.5 Å². The van der Waals surface area contributed by atoms with Crippen LogP contribution in [0.2, 0.25) is 0 Å². The molecular formula is C44H63F3N8O6S. The number of hydrogen-bond donors (Lipinski definition) is 10. The van der Waals surface area contributed by atoms with Crippen molar-refractivity contribution in [1.82, 2.24) is 21.4 Å². The maximum Gasteiger partial charge on any atom is 0.418 e. The molecule has 4 unspecified atom stereocenters. The van der Waals surface area contributed by atoms with Gasteiger partial charge in [0, 0.05) is 35.9 Å². The molecule has 3 aliphatic heterocycles. The van der Waals surface area contributed by atoms with Gasteiger partial charge < -0.3 is 53.1 Å². The van der Waals surface area contributed by atoms with Crippen molar-refractivity contribution >= 4 is 41.5 Å². The van der Waals surface area contributed by atoms with E-state index in [9.17, 15) is 32.7 Å². The summed E-state index contributed by atoms with van der Waals surface area (Å²) < 4.78 is 47.0. The number of carbonyl (C=O) groups is 3. The molecule has 3 aromatic rings. The van der Waals surface area contributed by atoms with Crippen LogP contribution in [0.15, 0.2) is 72.6 Å². The van der Waals surface area contributed by atoms with Crippen LogP contribution >= 0.6 is 11.8 Å². The fourth-order valence-electron chi connectivity index (χ4n) is 7.00. The van der Waals surface area contributed by atoms with E-state index in [1.807, 2.05) is 11.8 Å². The number of thioether (sulfide) groups is 1. The van der Waals surface area contributed by atoms with Gasteiger partial charge in [-0.1, -0.05) is 84.2 Å². The van der Waals surface area contributed by atoms with Crippen molar-refractivity contribution in [3.8, 4) is 11.5 Å². The molecule has 3 aromatic carbocycles. The third kappa shape index (κ3) is 13.8. The zero-order valence-electron chi connectivity index (χ0n) is 36.0. The molecule has 2 fully saturated rings. The summed E-state index contributed by atoms with van der Waals surface area (Å²) in [5, 5.41) is 29.7. The van der Waals surface area contributed by atoms with Gasteiger partial charge in [-0.15, -0.1) is 0 Å². The summed E-state index contributed by atoms with van der Waals surface area (Å²) >= 11 is 2.01. The smallest absolute Gasteiger partial charge is 0.418 e. The number of hydrazine groups is 1. The normalized spacial score (nSPS) is 19.9. The molecule has 14 nitrogen and oxygen atoms in total. The molecule has 3 aliphatic rings. The van der Waals surface area contributed by atoms with Crippen LogP contribution in [0, 0.1) is 11.8 Å². The molecule has 0 saturated carbocycles. The Labute approximate surface area is 366 Å². The summed E-state index contributed by atoms with van der Waals surface area (Å²) in [5.41, 5.74) is 12.3.